The average Bonchev–Trinajstić information content (AvgIpc) is 3.77. The Morgan fingerprint density at radius 2 is 1.85 bits per heavy atom. The number of ether oxygens (including phenoxy) is 2. The Hall–Kier alpha value is -3.57. The smallest absolute Gasteiger partial charge is 0.396 e. The molecule has 2 aliphatic rings. The van der Waals surface area contributed by atoms with Gasteiger partial charge in [-0.3, -0.25) is 23.0 Å². The van der Waals surface area contributed by atoms with Crippen LogP contribution in [-0.4, -0.2) is 124 Å². The number of nitrogen functional groups attached to an aromatic ring is 2. The fourth-order valence-electron chi connectivity index (χ4n) is 5.21. The molecule has 5 heterocycles. The average molecular weight is 705 g/mol. The van der Waals surface area contributed by atoms with Crippen LogP contribution < -0.4 is 16.8 Å². The number of rotatable bonds is 13. The van der Waals surface area contributed by atoms with Gasteiger partial charge in [-0.05, 0) is 13.1 Å². The van der Waals surface area contributed by atoms with Crippen molar-refractivity contribution in [3.8, 4) is 0 Å². The number of nitrogens with zero attached hydrogens (tertiary/aromatic N) is 7. The van der Waals surface area contributed by atoms with Crippen LogP contribution in [0.1, 0.15) is 29.4 Å². The van der Waals surface area contributed by atoms with Gasteiger partial charge in [0.05, 0.1) is 25.4 Å². The van der Waals surface area contributed by atoms with Gasteiger partial charge in [0, 0.05) is 18.2 Å². The van der Waals surface area contributed by atoms with E-state index in [2.05, 4.69) is 37.0 Å². The summed E-state index contributed by atoms with van der Waals surface area (Å²) in [5.74, 6) is -1.04. The molecule has 0 spiro atoms. The molecule has 0 saturated carbocycles. The molecular formula is C22H31N10O13P2+. The van der Waals surface area contributed by atoms with Crippen LogP contribution in [0.4, 0.5) is 17.6 Å². The third-order valence-electron chi connectivity index (χ3n) is 7.28. The van der Waals surface area contributed by atoms with Gasteiger partial charge < -0.3 is 46.5 Å². The summed E-state index contributed by atoms with van der Waals surface area (Å²) in [4.78, 5) is 52.1. The number of nitrogens with one attached hydrogen (secondary N) is 1. The molecule has 25 heteroatoms. The summed E-state index contributed by atoms with van der Waals surface area (Å²) in [7, 11) is -7.13. The summed E-state index contributed by atoms with van der Waals surface area (Å²) in [6, 6.07) is 0. The molecule has 3 aromatic rings. The van der Waals surface area contributed by atoms with Crippen molar-refractivity contribution in [1.82, 2.24) is 34.4 Å². The maximum absolute atomic E-state index is 13.2. The third kappa shape index (κ3) is 6.88. The summed E-state index contributed by atoms with van der Waals surface area (Å²) >= 11 is 0. The van der Waals surface area contributed by atoms with E-state index in [4.69, 9.17) is 34.5 Å². The van der Waals surface area contributed by atoms with E-state index in [1.54, 1.807) is 0 Å². The fourth-order valence-corrected chi connectivity index (χ4v) is 6.61. The summed E-state index contributed by atoms with van der Waals surface area (Å²) in [6.07, 6.45) is -9.75. The first-order valence-electron chi connectivity index (χ1n) is 13.6. The van der Waals surface area contributed by atoms with E-state index in [0.717, 1.165) is 10.9 Å². The Morgan fingerprint density at radius 1 is 1.15 bits per heavy atom. The van der Waals surface area contributed by atoms with E-state index in [1.807, 2.05) is 0 Å². The number of aliphatic imine (C=N–C) groups is 1. The standard InChI is InChI=1S/C22H30N10O13P2/c1-25-17-11(19(36)26-2)28-7-31(17)21-15(12(34)8(42-21)3-4-33)45-47(39,40)41-5-9-14(44-46(37)38)13(35)20(43-9)32-6-27-10-16(23)29-22(24)30-18(10)32/h6-9,12-15,20-21,33-35H,1,3-5H2,2H3,(H6-,23,24,26,29,30,36,37,38,39,40)/p+1/t8-,9-,12-,13-,14-,15-,20-,21-/m1/s1. The number of aliphatic hydroxyl groups is 3. The molecule has 23 nitrogen and oxygen atoms in total. The van der Waals surface area contributed by atoms with Crippen molar-refractivity contribution in [3.63, 3.8) is 0 Å². The first kappa shape index (κ1) is 34.8. The normalized spacial score (nSPS) is 29.2. The molecule has 0 aromatic carbocycles. The maximum atomic E-state index is 13.2. The number of hydrogen-bond acceptors (Lipinski definition) is 18. The maximum Gasteiger partial charge on any atom is 0.695 e. The summed E-state index contributed by atoms with van der Waals surface area (Å²) in [5.41, 5.74) is 11.5. The Morgan fingerprint density at radius 3 is 2.51 bits per heavy atom. The third-order valence-corrected chi connectivity index (χ3v) is 8.69. The topological polar surface area (TPSA) is 336 Å². The number of imidazole rings is 2. The number of phosphoric acid groups is 1. The van der Waals surface area contributed by atoms with Crippen molar-refractivity contribution in [2.24, 2.45) is 4.99 Å². The first-order valence-corrected chi connectivity index (χ1v) is 16.2. The fraction of sp³-hybridized carbons (Fsp3) is 0.545. The molecule has 10 atom stereocenters. The molecule has 256 valence electrons. The molecule has 0 aliphatic carbocycles. The van der Waals surface area contributed by atoms with E-state index in [0.29, 0.717) is 0 Å². The Kier molecular flexibility index (Phi) is 10.3. The lowest BCUT2D eigenvalue weighted by Gasteiger charge is -2.25. The van der Waals surface area contributed by atoms with E-state index in [9.17, 15) is 39.0 Å². The van der Waals surface area contributed by atoms with E-state index < -0.39 is 84.3 Å². The number of aromatic nitrogens is 6. The first-order chi connectivity index (χ1) is 22.3. The second kappa shape index (κ2) is 13.9. The number of nitrogens with two attached hydrogens (primary N) is 2. The molecule has 3 aromatic heterocycles. The zero-order valence-corrected chi connectivity index (χ0v) is 26.1. The second-order valence-corrected chi connectivity index (χ2v) is 12.2. The van der Waals surface area contributed by atoms with Gasteiger partial charge >= 0.3 is 16.1 Å². The lowest BCUT2D eigenvalue weighted by Crippen LogP contribution is -2.36. The van der Waals surface area contributed by atoms with Gasteiger partial charge in [-0.1, -0.05) is 0 Å². The van der Waals surface area contributed by atoms with Gasteiger partial charge in [-0.2, -0.15) is 9.97 Å². The number of aliphatic hydroxyl groups excluding tert-OH is 3. The van der Waals surface area contributed by atoms with Crippen LogP contribution >= 0.6 is 16.1 Å². The monoisotopic (exact) mass is 705 g/mol. The largest absolute Gasteiger partial charge is 0.695 e. The lowest BCUT2D eigenvalue weighted by atomic mass is 10.1. The van der Waals surface area contributed by atoms with Crippen molar-refractivity contribution < 1.29 is 62.1 Å². The van der Waals surface area contributed by atoms with Gasteiger partial charge in [-0.15, -0.1) is 9.42 Å². The highest BCUT2D eigenvalue weighted by molar-refractivity contribution is 7.47. The van der Waals surface area contributed by atoms with Crippen LogP contribution in [0.3, 0.4) is 0 Å². The van der Waals surface area contributed by atoms with Gasteiger partial charge in [0.25, 0.3) is 5.91 Å². The van der Waals surface area contributed by atoms with Crippen LogP contribution in [0.25, 0.3) is 11.2 Å². The van der Waals surface area contributed by atoms with Crippen molar-refractivity contribution in [1.29, 1.82) is 0 Å². The predicted octanol–water partition coefficient (Wildman–Crippen LogP) is -1.98. The minimum absolute atomic E-state index is 0.0371. The zero-order chi connectivity index (χ0) is 34.2. The van der Waals surface area contributed by atoms with Crippen LogP contribution in [0.2, 0.25) is 0 Å². The Bertz CT molecular complexity index is 1710. The van der Waals surface area contributed by atoms with Crippen molar-refractivity contribution >= 4 is 57.5 Å². The van der Waals surface area contributed by atoms with Crippen LogP contribution in [-0.2, 0) is 32.2 Å². The summed E-state index contributed by atoms with van der Waals surface area (Å²) in [6.45, 7) is 2.13. The molecular weight excluding hydrogens is 674 g/mol. The summed E-state index contributed by atoms with van der Waals surface area (Å²) in [5, 5.41) is 33.8. The number of fused-ring (bicyclic) bond motifs is 1. The van der Waals surface area contributed by atoms with Crippen molar-refractivity contribution in [3.05, 3.63) is 18.3 Å². The minimum atomic E-state index is -5.18. The predicted molar refractivity (Wildman–Crippen MR) is 156 cm³/mol. The number of phosphoric ester groups is 1. The van der Waals surface area contributed by atoms with Crippen molar-refractivity contribution in [2.45, 2.75) is 55.5 Å². The van der Waals surface area contributed by atoms with Gasteiger partial charge in [0.1, 0.15) is 29.9 Å². The summed E-state index contributed by atoms with van der Waals surface area (Å²) < 4.78 is 54.2. The Balaban J connectivity index is 1.37. The molecule has 1 amide bonds. The molecule has 2 unspecified atom stereocenters. The molecule has 10 N–H and O–H groups in total. The van der Waals surface area contributed by atoms with Gasteiger partial charge in [-0.25, -0.2) is 19.5 Å². The number of carbonyl (C=O) groups excluding carboxylic acids is 1. The van der Waals surface area contributed by atoms with Crippen LogP contribution in [0.5, 0.6) is 0 Å². The molecule has 2 fully saturated rings. The van der Waals surface area contributed by atoms with Crippen LogP contribution in [0.15, 0.2) is 17.6 Å². The van der Waals surface area contributed by atoms with E-state index in [1.165, 1.54) is 17.9 Å². The molecule has 5 rings (SSSR count). The minimum Gasteiger partial charge on any atom is -0.396 e. The number of amides is 1. The molecule has 47 heavy (non-hydrogen) atoms. The van der Waals surface area contributed by atoms with Crippen LogP contribution in [0, 0.1) is 0 Å². The molecule has 2 aliphatic heterocycles. The van der Waals surface area contributed by atoms with E-state index >= 15 is 0 Å². The SMILES string of the molecule is C=Nc1c(C(=O)NC)ncn1[C@@H]1O[C@H](CCO)[C@@H](O)[C@H]1OP(=O)(O)OC[C@H]1O[C@@H](n2cnc3c(N)nc(N)nc32)[C@H](O)[C@@H]1O[P+](=O)O. The zero-order valence-electron chi connectivity index (χ0n) is 24.3. The highest BCUT2D eigenvalue weighted by Gasteiger charge is 2.53. The highest BCUT2D eigenvalue weighted by Crippen LogP contribution is 2.51. The van der Waals surface area contributed by atoms with Gasteiger partial charge in [0.15, 0.2) is 41.5 Å². The number of hydrogen-bond donors (Lipinski definition) is 8. The van der Waals surface area contributed by atoms with E-state index in [-0.39, 0.29) is 40.9 Å². The molecule has 2 saturated heterocycles. The second-order valence-electron chi connectivity index (χ2n) is 10.1. The quantitative estimate of drug-likeness (QED) is 0.0705. The number of carbonyl (C=O) groups is 1. The number of anilines is 2. The lowest BCUT2D eigenvalue weighted by molar-refractivity contribution is -0.0595. The van der Waals surface area contributed by atoms with Gasteiger partial charge in [0.2, 0.25) is 5.95 Å². The highest BCUT2D eigenvalue weighted by atomic mass is 31.2. The Labute approximate surface area is 264 Å². The molecule has 0 bridgehead atoms. The van der Waals surface area contributed by atoms with Crippen molar-refractivity contribution in [2.75, 3.05) is 31.7 Å². The molecule has 0 radical (unpaired) electrons.